The van der Waals surface area contributed by atoms with Crippen molar-refractivity contribution in [2.45, 2.75) is 62.9 Å². The van der Waals surface area contributed by atoms with Crippen LogP contribution in [-0.2, 0) is 6.42 Å². The average molecular weight is 586 g/mol. The van der Waals surface area contributed by atoms with Crippen LogP contribution in [0.5, 0.6) is 0 Å². The zero-order valence-electron chi connectivity index (χ0n) is 24.0. The molecule has 43 heavy (non-hydrogen) atoms. The van der Waals surface area contributed by atoms with Crippen molar-refractivity contribution in [1.29, 1.82) is 0 Å². The van der Waals surface area contributed by atoms with Crippen molar-refractivity contribution in [3.8, 4) is 0 Å². The van der Waals surface area contributed by atoms with Crippen molar-refractivity contribution >= 4 is 17.1 Å². The molecule has 1 aliphatic carbocycles. The SMILES string of the molecule is CC(CN=[N+]=[N-])c1ccc(NC2Nc3cc(CC(O)(CN=[N+]=[N-])CN=[N+]=[N-])ccc3N2[C@H]2CCC[C@@H](CN=[N+]=[N-])C2)cc1. The number of azide groups is 4. The first-order valence-electron chi connectivity index (χ1n) is 14.2. The summed E-state index contributed by atoms with van der Waals surface area (Å²) in [5.74, 6) is 0.396. The van der Waals surface area contributed by atoms with Crippen molar-refractivity contribution in [3.63, 3.8) is 0 Å². The molecule has 2 aliphatic rings. The van der Waals surface area contributed by atoms with Gasteiger partial charge in [0.25, 0.3) is 0 Å². The second kappa shape index (κ2) is 14.8. The molecule has 2 aromatic rings. The van der Waals surface area contributed by atoms with E-state index in [1.807, 2.05) is 49.4 Å². The number of hydrogen-bond acceptors (Lipinski definition) is 8. The van der Waals surface area contributed by atoms with Gasteiger partial charge in [-0.2, -0.15) is 0 Å². The predicted octanol–water partition coefficient (Wildman–Crippen LogP) is 7.49. The van der Waals surface area contributed by atoms with E-state index in [2.05, 4.69) is 55.6 Å². The maximum Gasteiger partial charge on any atom is 0.176 e. The third kappa shape index (κ3) is 8.08. The third-order valence-electron chi connectivity index (χ3n) is 8.05. The number of aliphatic hydroxyl groups is 1. The Kier molecular flexibility index (Phi) is 10.7. The number of anilines is 3. The van der Waals surface area contributed by atoms with Crippen LogP contribution in [0, 0.1) is 5.92 Å². The first kappa shape index (κ1) is 31.0. The summed E-state index contributed by atoms with van der Waals surface area (Å²) in [5.41, 5.74) is 38.2. The van der Waals surface area contributed by atoms with Crippen LogP contribution >= 0.6 is 0 Å². The Bertz CT molecular complexity index is 1430. The summed E-state index contributed by atoms with van der Waals surface area (Å²) in [5, 5.41) is 32.8. The molecule has 0 aromatic heterocycles. The number of nitrogens with one attached hydrogen (secondary N) is 2. The Labute approximate surface area is 248 Å². The molecule has 0 bridgehead atoms. The summed E-state index contributed by atoms with van der Waals surface area (Å²) in [6.45, 7) is 2.42. The Morgan fingerprint density at radius 1 is 0.977 bits per heavy atom. The van der Waals surface area contributed by atoms with E-state index in [1.165, 1.54) is 0 Å². The van der Waals surface area contributed by atoms with Gasteiger partial charge in [0.1, 0.15) is 0 Å². The highest BCUT2D eigenvalue weighted by Crippen LogP contribution is 2.41. The molecule has 0 radical (unpaired) electrons. The van der Waals surface area contributed by atoms with Crippen LogP contribution in [0.15, 0.2) is 62.9 Å². The van der Waals surface area contributed by atoms with E-state index in [0.29, 0.717) is 19.0 Å². The minimum absolute atomic E-state index is 0.0975. The summed E-state index contributed by atoms with van der Waals surface area (Å²) in [6, 6.07) is 14.2. The Morgan fingerprint density at radius 2 is 1.67 bits per heavy atom. The van der Waals surface area contributed by atoms with Crippen LogP contribution in [0.25, 0.3) is 41.8 Å². The highest BCUT2D eigenvalue weighted by molar-refractivity contribution is 5.78. The number of benzene rings is 2. The minimum atomic E-state index is -1.52. The van der Waals surface area contributed by atoms with Gasteiger partial charge in [-0.25, -0.2) is 0 Å². The lowest BCUT2D eigenvalue weighted by atomic mass is 9.85. The van der Waals surface area contributed by atoms with E-state index in [0.717, 1.165) is 53.9 Å². The van der Waals surface area contributed by atoms with Gasteiger partial charge in [-0.05, 0) is 82.2 Å². The van der Waals surface area contributed by atoms with Gasteiger partial charge in [0, 0.05) is 50.9 Å². The van der Waals surface area contributed by atoms with Crippen molar-refractivity contribution in [1.82, 2.24) is 0 Å². The van der Waals surface area contributed by atoms with Crippen LogP contribution in [0.1, 0.15) is 49.7 Å². The largest absolute Gasteiger partial charge is 0.389 e. The Balaban J connectivity index is 1.60. The lowest BCUT2D eigenvalue weighted by Crippen LogP contribution is -2.49. The zero-order chi connectivity index (χ0) is 30.7. The van der Waals surface area contributed by atoms with Gasteiger partial charge < -0.3 is 20.6 Å². The average Bonchev–Trinajstić information content (AvgIpc) is 3.38. The van der Waals surface area contributed by atoms with Crippen LogP contribution in [0.4, 0.5) is 17.1 Å². The van der Waals surface area contributed by atoms with Crippen LogP contribution in [0.2, 0.25) is 0 Å². The molecule has 224 valence electrons. The zero-order valence-corrected chi connectivity index (χ0v) is 24.0. The molecule has 16 heteroatoms. The molecule has 0 spiro atoms. The fourth-order valence-electron chi connectivity index (χ4n) is 5.93. The van der Waals surface area contributed by atoms with Crippen LogP contribution in [0.3, 0.4) is 0 Å². The molecule has 16 nitrogen and oxygen atoms in total. The van der Waals surface area contributed by atoms with E-state index in [1.54, 1.807) is 0 Å². The monoisotopic (exact) mass is 585 g/mol. The topological polar surface area (TPSA) is 243 Å². The molecule has 2 aromatic carbocycles. The molecule has 4 rings (SSSR count). The van der Waals surface area contributed by atoms with Crippen LogP contribution in [-0.4, -0.2) is 49.2 Å². The van der Waals surface area contributed by atoms with Gasteiger partial charge in [-0.15, -0.1) is 0 Å². The highest BCUT2D eigenvalue weighted by atomic mass is 16.3. The van der Waals surface area contributed by atoms with Gasteiger partial charge >= 0.3 is 0 Å². The van der Waals surface area contributed by atoms with E-state index < -0.39 is 5.60 Å². The summed E-state index contributed by atoms with van der Waals surface area (Å²) in [7, 11) is 0. The van der Waals surface area contributed by atoms with Gasteiger partial charge in [0.05, 0.1) is 30.1 Å². The molecule has 4 atom stereocenters. The predicted molar refractivity (Wildman–Crippen MR) is 165 cm³/mol. The van der Waals surface area contributed by atoms with E-state index in [9.17, 15) is 5.11 Å². The van der Waals surface area contributed by atoms with Crippen molar-refractivity contribution in [2.24, 2.45) is 26.4 Å². The van der Waals surface area contributed by atoms with E-state index in [-0.39, 0.29) is 37.8 Å². The fourth-order valence-corrected chi connectivity index (χ4v) is 5.93. The molecule has 3 N–H and O–H groups in total. The van der Waals surface area contributed by atoms with E-state index >= 15 is 0 Å². The summed E-state index contributed by atoms with van der Waals surface area (Å²) in [6.07, 6.45) is 3.77. The van der Waals surface area contributed by atoms with Crippen LogP contribution < -0.4 is 15.5 Å². The lowest BCUT2D eigenvalue weighted by molar-refractivity contribution is 0.0589. The first-order valence-corrected chi connectivity index (χ1v) is 14.2. The number of nitrogens with zero attached hydrogens (tertiary/aromatic N) is 13. The van der Waals surface area contributed by atoms with Crippen molar-refractivity contribution in [3.05, 3.63) is 95.4 Å². The molecular formula is C27H35N15O. The van der Waals surface area contributed by atoms with Gasteiger partial charge in [-0.3, -0.25) is 0 Å². The first-order chi connectivity index (χ1) is 20.9. The molecule has 1 heterocycles. The number of rotatable bonds is 14. The molecular weight excluding hydrogens is 550 g/mol. The molecule has 1 aliphatic heterocycles. The fraction of sp³-hybridized carbons (Fsp3) is 0.556. The molecule has 1 saturated carbocycles. The van der Waals surface area contributed by atoms with Crippen molar-refractivity contribution < 1.29 is 5.11 Å². The quantitative estimate of drug-likeness (QED) is 0.116. The van der Waals surface area contributed by atoms with Gasteiger partial charge in [0.15, 0.2) is 6.29 Å². The van der Waals surface area contributed by atoms with Crippen molar-refractivity contribution in [2.75, 3.05) is 41.7 Å². The molecule has 0 saturated heterocycles. The lowest BCUT2D eigenvalue weighted by Gasteiger charge is -2.40. The standard InChI is InChI=1S/C27H35N15O/c1-18(14-32-38-28)21-6-8-22(9-7-21)36-26-37-24-12-19(13-27(43,16-34-40-30)17-35-41-31)5-10-25(24)42(26)23-4-2-3-20(11-23)15-33-39-29/h5-10,12,18,20,23,26,36-37,43H,2-4,11,13-17H2,1H3/t18?,20-,23+,26?/m1/s1. The highest BCUT2D eigenvalue weighted by Gasteiger charge is 2.37. The number of fused-ring (bicyclic) bond motifs is 1. The summed E-state index contributed by atoms with van der Waals surface area (Å²) in [4.78, 5) is 13.7. The molecule has 1 fully saturated rings. The number of hydrogen-bond donors (Lipinski definition) is 3. The molecule has 2 unspecified atom stereocenters. The molecule has 0 amide bonds. The Hall–Kier alpha value is -4.96. The summed E-state index contributed by atoms with van der Waals surface area (Å²) < 4.78 is 0. The summed E-state index contributed by atoms with van der Waals surface area (Å²) >= 11 is 0. The normalized spacial score (nSPS) is 20.9. The minimum Gasteiger partial charge on any atom is -0.389 e. The smallest absolute Gasteiger partial charge is 0.176 e. The third-order valence-corrected chi connectivity index (χ3v) is 8.05. The Morgan fingerprint density at radius 3 is 2.35 bits per heavy atom. The maximum atomic E-state index is 11.1. The second-order valence-electron chi connectivity index (χ2n) is 11.2. The maximum absolute atomic E-state index is 11.1. The second-order valence-corrected chi connectivity index (χ2v) is 11.2. The van der Waals surface area contributed by atoms with E-state index in [4.69, 9.17) is 22.1 Å². The van der Waals surface area contributed by atoms with Gasteiger partial charge in [-0.1, -0.05) is 58.4 Å². The van der Waals surface area contributed by atoms with Gasteiger partial charge in [0.2, 0.25) is 0 Å².